The van der Waals surface area contributed by atoms with Gasteiger partial charge in [0.15, 0.2) is 4.90 Å². The van der Waals surface area contributed by atoms with Crippen molar-refractivity contribution in [3.63, 3.8) is 0 Å². The van der Waals surface area contributed by atoms with Gasteiger partial charge in [0.1, 0.15) is 17.7 Å². The van der Waals surface area contributed by atoms with E-state index in [0.717, 1.165) is 0 Å². The highest BCUT2D eigenvalue weighted by Crippen LogP contribution is 2.23. The molecule has 0 aliphatic carbocycles. The van der Waals surface area contributed by atoms with Crippen molar-refractivity contribution < 1.29 is 22.0 Å². The van der Waals surface area contributed by atoms with Crippen molar-refractivity contribution in [2.45, 2.75) is 17.4 Å². The number of carbonyl (C=O) groups excluding carboxylic acids is 1. The van der Waals surface area contributed by atoms with Gasteiger partial charge in [-0.2, -0.15) is 4.72 Å². The Kier molecular flexibility index (Phi) is 3.65. The standard InChI is InChI=1S/C11H13F2N3O3S/c1-16-3-2-9(11(16)17)15-20(18,19)10-7(12)4-6(14)5-8(10)13/h4-5,9,15H,2-3,14H2,1H3. The molecule has 0 aromatic heterocycles. The number of rotatable bonds is 3. The summed E-state index contributed by atoms with van der Waals surface area (Å²) in [5, 5.41) is 0. The molecule has 1 unspecified atom stereocenters. The molecule has 1 aromatic rings. The molecule has 1 aliphatic rings. The third-order valence-corrected chi connectivity index (χ3v) is 4.54. The minimum absolute atomic E-state index is 0.226. The van der Waals surface area contributed by atoms with Crippen molar-refractivity contribution in [1.29, 1.82) is 0 Å². The first kappa shape index (κ1) is 14.7. The molecule has 1 saturated heterocycles. The number of nitrogens with two attached hydrogens (primary N) is 1. The van der Waals surface area contributed by atoms with Crippen molar-refractivity contribution in [3.8, 4) is 0 Å². The van der Waals surface area contributed by atoms with E-state index >= 15 is 0 Å². The molecule has 0 saturated carbocycles. The van der Waals surface area contributed by atoms with Gasteiger partial charge in [0.2, 0.25) is 15.9 Å². The zero-order valence-corrected chi connectivity index (χ0v) is 11.4. The Balaban J connectivity index is 2.35. The summed E-state index contributed by atoms with van der Waals surface area (Å²) in [6, 6.07) is 0.405. The van der Waals surface area contributed by atoms with Crippen molar-refractivity contribution >= 4 is 21.6 Å². The van der Waals surface area contributed by atoms with Gasteiger partial charge in [-0.3, -0.25) is 4.79 Å². The molecule has 1 aliphatic heterocycles. The summed E-state index contributed by atoms with van der Waals surface area (Å²) < 4.78 is 53.2. The van der Waals surface area contributed by atoms with Crippen LogP contribution in [0.2, 0.25) is 0 Å². The lowest BCUT2D eigenvalue weighted by Gasteiger charge is -2.13. The molecule has 3 N–H and O–H groups in total. The van der Waals surface area contributed by atoms with Crippen LogP contribution in [0.4, 0.5) is 14.5 Å². The van der Waals surface area contributed by atoms with Crippen LogP contribution < -0.4 is 10.5 Å². The molecular weight excluding hydrogens is 292 g/mol. The Labute approximate surface area is 114 Å². The number of likely N-dealkylation sites (tertiary alicyclic amines) is 1. The first-order chi connectivity index (χ1) is 9.22. The van der Waals surface area contributed by atoms with E-state index in [1.54, 1.807) is 0 Å². The number of benzene rings is 1. The average molecular weight is 305 g/mol. The lowest BCUT2D eigenvalue weighted by molar-refractivity contribution is -0.127. The number of sulfonamides is 1. The van der Waals surface area contributed by atoms with E-state index in [4.69, 9.17) is 5.73 Å². The van der Waals surface area contributed by atoms with Crippen LogP contribution in [0.25, 0.3) is 0 Å². The molecule has 6 nitrogen and oxygen atoms in total. The quantitative estimate of drug-likeness (QED) is 0.772. The van der Waals surface area contributed by atoms with Crippen LogP contribution in [-0.2, 0) is 14.8 Å². The minimum atomic E-state index is -4.48. The first-order valence-corrected chi connectivity index (χ1v) is 7.22. The summed E-state index contributed by atoms with van der Waals surface area (Å²) in [4.78, 5) is 11.8. The van der Waals surface area contributed by atoms with E-state index in [0.29, 0.717) is 18.7 Å². The third-order valence-electron chi connectivity index (χ3n) is 3.01. The van der Waals surface area contributed by atoms with Crippen LogP contribution in [0.15, 0.2) is 17.0 Å². The molecule has 2 rings (SSSR count). The first-order valence-electron chi connectivity index (χ1n) is 5.74. The Hall–Kier alpha value is -1.74. The predicted molar refractivity (Wildman–Crippen MR) is 67.1 cm³/mol. The fourth-order valence-corrected chi connectivity index (χ4v) is 3.36. The molecule has 0 radical (unpaired) electrons. The second kappa shape index (κ2) is 4.98. The molecule has 1 atom stereocenters. The number of amides is 1. The van der Waals surface area contributed by atoms with Gasteiger partial charge in [-0.05, 0) is 18.6 Å². The monoisotopic (exact) mass is 305 g/mol. The molecule has 1 aromatic carbocycles. The van der Waals surface area contributed by atoms with Crippen LogP contribution >= 0.6 is 0 Å². The Morgan fingerprint density at radius 2 is 1.90 bits per heavy atom. The van der Waals surface area contributed by atoms with Gasteiger partial charge in [-0.15, -0.1) is 0 Å². The molecule has 9 heteroatoms. The average Bonchev–Trinajstić information content (AvgIpc) is 2.58. The second-order valence-corrected chi connectivity index (χ2v) is 6.19. The number of hydrogen-bond donors (Lipinski definition) is 2. The summed E-state index contributed by atoms with van der Waals surface area (Å²) in [6.07, 6.45) is 0.243. The van der Waals surface area contributed by atoms with E-state index in [1.807, 2.05) is 4.72 Å². The van der Waals surface area contributed by atoms with Crippen LogP contribution in [0, 0.1) is 11.6 Å². The highest BCUT2D eigenvalue weighted by atomic mass is 32.2. The van der Waals surface area contributed by atoms with Gasteiger partial charge < -0.3 is 10.6 Å². The zero-order valence-electron chi connectivity index (χ0n) is 10.6. The van der Waals surface area contributed by atoms with Gasteiger partial charge in [-0.25, -0.2) is 17.2 Å². The summed E-state index contributed by atoms with van der Waals surface area (Å²) in [5.74, 6) is -3.03. The van der Waals surface area contributed by atoms with Gasteiger partial charge in [0.05, 0.1) is 0 Å². The van der Waals surface area contributed by atoms with Crippen molar-refractivity contribution in [1.82, 2.24) is 9.62 Å². The van der Waals surface area contributed by atoms with Crippen molar-refractivity contribution in [2.24, 2.45) is 0 Å². The lowest BCUT2D eigenvalue weighted by atomic mass is 10.3. The Bertz CT molecular complexity index is 640. The third kappa shape index (κ3) is 2.59. The molecule has 110 valence electrons. The number of anilines is 1. The fraction of sp³-hybridized carbons (Fsp3) is 0.364. The number of nitrogens with one attached hydrogen (secondary N) is 1. The molecule has 1 amide bonds. The maximum absolute atomic E-state index is 13.6. The summed E-state index contributed by atoms with van der Waals surface area (Å²) >= 11 is 0. The summed E-state index contributed by atoms with van der Waals surface area (Å²) in [5.41, 5.74) is 4.99. The van der Waals surface area contributed by atoms with Gasteiger partial charge >= 0.3 is 0 Å². The van der Waals surface area contributed by atoms with E-state index in [9.17, 15) is 22.0 Å². The van der Waals surface area contributed by atoms with E-state index in [2.05, 4.69) is 0 Å². The smallest absolute Gasteiger partial charge is 0.247 e. The second-order valence-electron chi connectivity index (χ2n) is 4.54. The molecular formula is C11H13F2N3O3S. The minimum Gasteiger partial charge on any atom is -0.399 e. The van der Waals surface area contributed by atoms with E-state index in [1.165, 1.54) is 11.9 Å². The number of likely N-dealkylation sites (N-methyl/N-ethyl adjacent to an activating group) is 1. The number of hydrogen-bond acceptors (Lipinski definition) is 4. The number of carbonyl (C=O) groups is 1. The van der Waals surface area contributed by atoms with Crippen molar-refractivity contribution in [3.05, 3.63) is 23.8 Å². The molecule has 20 heavy (non-hydrogen) atoms. The normalized spacial score (nSPS) is 19.6. The van der Waals surface area contributed by atoms with Gasteiger partial charge in [0.25, 0.3) is 0 Å². The lowest BCUT2D eigenvalue weighted by Crippen LogP contribution is -2.41. The zero-order chi connectivity index (χ0) is 15.1. The summed E-state index contributed by atoms with van der Waals surface area (Å²) in [7, 11) is -2.97. The number of nitrogens with zero attached hydrogens (tertiary/aromatic N) is 1. The van der Waals surface area contributed by atoms with Crippen LogP contribution in [0.1, 0.15) is 6.42 Å². The highest BCUT2D eigenvalue weighted by Gasteiger charge is 2.35. The van der Waals surface area contributed by atoms with Crippen LogP contribution in [0.5, 0.6) is 0 Å². The van der Waals surface area contributed by atoms with Crippen LogP contribution in [0.3, 0.4) is 0 Å². The number of halogens is 2. The van der Waals surface area contributed by atoms with E-state index in [-0.39, 0.29) is 12.1 Å². The Morgan fingerprint density at radius 3 is 2.35 bits per heavy atom. The van der Waals surface area contributed by atoms with Crippen LogP contribution in [-0.4, -0.2) is 38.9 Å². The topological polar surface area (TPSA) is 92.5 Å². The number of nitrogen functional groups attached to an aromatic ring is 1. The highest BCUT2D eigenvalue weighted by molar-refractivity contribution is 7.89. The SMILES string of the molecule is CN1CCC(NS(=O)(=O)c2c(F)cc(N)cc2F)C1=O. The van der Waals surface area contributed by atoms with Gasteiger partial charge in [0, 0.05) is 19.3 Å². The molecule has 1 fully saturated rings. The summed E-state index contributed by atoms with van der Waals surface area (Å²) in [6.45, 7) is 0.374. The molecule has 1 heterocycles. The van der Waals surface area contributed by atoms with Gasteiger partial charge in [-0.1, -0.05) is 0 Å². The molecule has 0 bridgehead atoms. The maximum Gasteiger partial charge on any atom is 0.247 e. The fourth-order valence-electron chi connectivity index (χ4n) is 2.01. The van der Waals surface area contributed by atoms with Crippen molar-refractivity contribution in [2.75, 3.05) is 19.3 Å². The largest absolute Gasteiger partial charge is 0.399 e. The van der Waals surface area contributed by atoms with E-state index < -0.39 is 38.5 Å². The molecule has 0 spiro atoms. The Morgan fingerprint density at radius 1 is 1.35 bits per heavy atom. The maximum atomic E-state index is 13.6. The predicted octanol–water partition coefficient (Wildman–Crippen LogP) is 0.0560.